The predicted molar refractivity (Wildman–Crippen MR) is 57.1 cm³/mol. The maximum atomic E-state index is 13.4. The van der Waals surface area contributed by atoms with E-state index in [0.29, 0.717) is 6.29 Å². The molecule has 0 aliphatic carbocycles. The van der Waals surface area contributed by atoms with E-state index in [0.717, 1.165) is 6.07 Å². The Labute approximate surface area is 97.2 Å². The van der Waals surface area contributed by atoms with Crippen LogP contribution < -0.4 is 0 Å². The lowest BCUT2D eigenvalue weighted by Crippen LogP contribution is -2.09. The minimum Gasteiger partial charge on any atom is -0.466 e. The van der Waals surface area contributed by atoms with Crippen LogP contribution in [0.4, 0.5) is 4.39 Å². The first-order valence-corrected chi connectivity index (χ1v) is 5.05. The molecule has 3 nitrogen and oxygen atoms in total. The molecule has 16 heavy (non-hydrogen) atoms. The summed E-state index contributed by atoms with van der Waals surface area (Å²) in [7, 11) is 0. The second-order valence-electron chi connectivity index (χ2n) is 3.06. The van der Waals surface area contributed by atoms with Crippen LogP contribution in [0.15, 0.2) is 12.1 Å². The van der Waals surface area contributed by atoms with Gasteiger partial charge in [-0.1, -0.05) is 11.6 Å². The van der Waals surface area contributed by atoms with Gasteiger partial charge in [-0.3, -0.25) is 9.59 Å². The van der Waals surface area contributed by atoms with Gasteiger partial charge in [-0.2, -0.15) is 0 Å². The molecule has 1 aromatic rings. The molecule has 0 aliphatic heterocycles. The summed E-state index contributed by atoms with van der Waals surface area (Å²) in [5, 5.41) is 0.0511. The molecule has 0 spiro atoms. The number of hydrogen-bond acceptors (Lipinski definition) is 3. The van der Waals surface area contributed by atoms with E-state index >= 15 is 0 Å². The first-order chi connectivity index (χ1) is 7.58. The van der Waals surface area contributed by atoms with Crippen molar-refractivity contribution in [3.05, 3.63) is 34.1 Å². The Kier molecular flexibility index (Phi) is 4.43. The maximum absolute atomic E-state index is 13.4. The normalized spacial score (nSPS) is 9.94. The van der Waals surface area contributed by atoms with Crippen LogP contribution in [0.5, 0.6) is 0 Å². The van der Waals surface area contributed by atoms with Crippen LogP contribution in [-0.2, 0) is 16.0 Å². The number of benzene rings is 1. The Balaban J connectivity index is 2.96. The van der Waals surface area contributed by atoms with Crippen LogP contribution >= 0.6 is 11.6 Å². The van der Waals surface area contributed by atoms with E-state index in [-0.39, 0.29) is 29.2 Å². The van der Waals surface area contributed by atoms with E-state index in [9.17, 15) is 14.0 Å². The second kappa shape index (κ2) is 5.61. The van der Waals surface area contributed by atoms with Crippen LogP contribution in [0.25, 0.3) is 0 Å². The maximum Gasteiger partial charge on any atom is 0.310 e. The fourth-order valence-corrected chi connectivity index (χ4v) is 1.50. The van der Waals surface area contributed by atoms with E-state index < -0.39 is 11.8 Å². The molecular weight excluding hydrogens is 235 g/mol. The van der Waals surface area contributed by atoms with E-state index in [1.165, 1.54) is 6.07 Å². The first-order valence-electron chi connectivity index (χ1n) is 4.67. The minimum atomic E-state index is -0.678. The highest BCUT2D eigenvalue weighted by atomic mass is 35.5. The summed E-state index contributed by atoms with van der Waals surface area (Å²) in [5.74, 6) is -1.23. The van der Waals surface area contributed by atoms with Gasteiger partial charge in [0.25, 0.3) is 0 Å². The van der Waals surface area contributed by atoms with Crippen LogP contribution in [0, 0.1) is 5.82 Å². The largest absolute Gasteiger partial charge is 0.466 e. The molecule has 0 heterocycles. The number of rotatable bonds is 4. The van der Waals surface area contributed by atoms with Crippen molar-refractivity contribution in [3.8, 4) is 0 Å². The highest BCUT2D eigenvalue weighted by Crippen LogP contribution is 2.21. The Morgan fingerprint density at radius 3 is 2.75 bits per heavy atom. The number of aldehydes is 1. The summed E-state index contributed by atoms with van der Waals surface area (Å²) in [6, 6.07) is 2.35. The first kappa shape index (κ1) is 12.6. The van der Waals surface area contributed by atoms with Crippen molar-refractivity contribution in [1.82, 2.24) is 0 Å². The fraction of sp³-hybridized carbons (Fsp3) is 0.273. The SMILES string of the molecule is CCOC(=O)Cc1c(F)cc(C=O)cc1Cl. The zero-order valence-corrected chi connectivity index (χ0v) is 9.38. The number of esters is 1. The van der Waals surface area contributed by atoms with Gasteiger partial charge in [-0.15, -0.1) is 0 Å². The lowest BCUT2D eigenvalue weighted by atomic mass is 10.1. The summed E-state index contributed by atoms with van der Waals surface area (Å²) in [6.07, 6.45) is 0.251. The van der Waals surface area contributed by atoms with E-state index in [4.69, 9.17) is 11.6 Å². The van der Waals surface area contributed by atoms with Gasteiger partial charge in [-0.25, -0.2) is 4.39 Å². The molecule has 0 saturated heterocycles. The summed E-state index contributed by atoms with van der Waals surface area (Å²) < 4.78 is 18.1. The summed E-state index contributed by atoms with van der Waals surface area (Å²) in [6.45, 7) is 1.88. The molecule has 0 fully saturated rings. The lowest BCUT2D eigenvalue weighted by molar-refractivity contribution is -0.142. The number of ether oxygens (including phenoxy) is 1. The van der Waals surface area contributed by atoms with Gasteiger partial charge in [0.1, 0.15) is 12.1 Å². The van der Waals surface area contributed by atoms with Crippen molar-refractivity contribution in [2.24, 2.45) is 0 Å². The molecule has 86 valence electrons. The van der Waals surface area contributed by atoms with E-state index in [1.807, 2.05) is 0 Å². The molecule has 0 saturated carbocycles. The Morgan fingerprint density at radius 1 is 1.56 bits per heavy atom. The van der Waals surface area contributed by atoms with Gasteiger partial charge in [0.2, 0.25) is 0 Å². The highest BCUT2D eigenvalue weighted by molar-refractivity contribution is 6.31. The third kappa shape index (κ3) is 3.03. The molecule has 0 unspecified atom stereocenters. The Hall–Kier alpha value is -1.42. The fourth-order valence-electron chi connectivity index (χ4n) is 1.22. The van der Waals surface area contributed by atoms with Crippen molar-refractivity contribution in [1.29, 1.82) is 0 Å². The number of halogens is 2. The van der Waals surface area contributed by atoms with Gasteiger partial charge in [0, 0.05) is 16.1 Å². The second-order valence-corrected chi connectivity index (χ2v) is 3.47. The molecule has 0 amide bonds. The lowest BCUT2D eigenvalue weighted by Gasteiger charge is -2.06. The van der Waals surface area contributed by atoms with Crippen molar-refractivity contribution in [2.45, 2.75) is 13.3 Å². The van der Waals surface area contributed by atoms with Crippen LogP contribution in [0.2, 0.25) is 5.02 Å². The minimum absolute atomic E-state index is 0.0470. The van der Waals surface area contributed by atoms with Crippen LogP contribution in [0.1, 0.15) is 22.8 Å². The molecule has 1 rings (SSSR count). The van der Waals surface area contributed by atoms with E-state index in [2.05, 4.69) is 4.74 Å². The molecule has 5 heteroatoms. The third-order valence-corrected chi connectivity index (χ3v) is 2.26. The monoisotopic (exact) mass is 244 g/mol. The molecule has 0 aliphatic rings. The van der Waals surface area contributed by atoms with Gasteiger partial charge in [0.15, 0.2) is 0 Å². The summed E-state index contributed by atoms with van der Waals surface area (Å²) in [5.41, 5.74) is 0.181. The topological polar surface area (TPSA) is 43.4 Å². The van der Waals surface area contributed by atoms with Gasteiger partial charge in [0.05, 0.1) is 13.0 Å². The number of carbonyl (C=O) groups excluding carboxylic acids is 2. The quantitative estimate of drug-likeness (QED) is 0.603. The number of hydrogen-bond donors (Lipinski definition) is 0. The van der Waals surface area contributed by atoms with Crippen molar-refractivity contribution >= 4 is 23.9 Å². The number of carbonyl (C=O) groups is 2. The molecular formula is C11H10ClFO3. The third-order valence-electron chi connectivity index (χ3n) is 1.93. The molecule has 0 aromatic heterocycles. The smallest absolute Gasteiger partial charge is 0.310 e. The van der Waals surface area contributed by atoms with Crippen LogP contribution in [0.3, 0.4) is 0 Å². The Morgan fingerprint density at radius 2 is 2.25 bits per heavy atom. The predicted octanol–water partition coefficient (Wildman–Crippen LogP) is 2.40. The zero-order chi connectivity index (χ0) is 12.1. The van der Waals surface area contributed by atoms with Gasteiger partial charge >= 0.3 is 5.97 Å². The molecule has 0 atom stereocenters. The highest BCUT2D eigenvalue weighted by Gasteiger charge is 2.14. The van der Waals surface area contributed by atoms with Gasteiger partial charge < -0.3 is 4.74 Å². The van der Waals surface area contributed by atoms with Crippen molar-refractivity contribution in [2.75, 3.05) is 6.61 Å². The zero-order valence-electron chi connectivity index (χ0n) is 8.63. The van der Waals surface area contributed by atoms with E-state index in [1.54, 1.807) is 6.92 Å². The van der Waals surface area contributed by atoms with Crippen LogP contribution in [-0.4, -0.2) is 18.9 Å². The standard InChI is InChI=1S/C11H10ClFO3/c1-2-16-11(15)5-8-9(12)3-7(6-14)4-10(8)13/h3-4,6H,2,5H2,1H3. The molecule has 0 radical (unpaired) electrons. The van der Waals surface area contributed by atoms with Crippen molar-refractivity contribution in [3.63, 3.8) is 0 Å². The van der Waals surface area contributed by atoms with Crippen molar-refractivity contribution < 1.29 is 18.7 Å². The summed E-state index contributed by atoms with van der Waals surface area (Å²) in [4.78, 5) is 21.6. The van der Waals surface area contributed by atoms with Gasteiger partial charge in [-0.05, 0) is 19.1 Å². The molecule has 1 aromatic carbocycles. The Bertz CT molecular complexity index is 395. The molecule has 0 bridgehead atoms. The molecule has 0 N–H and O–H groups in total. The average molecular weight is 245 g/mol. The summed E-state index contributed by atoms with van der Waals surface area (Å²) >= 11 is 5.75. The average Bonchev–Trinajstić information content (AvgIpc) is 2.23.